The second kappa shape index (κ2) is 3.18. The fourth-order valence-electron chi connectivity index (χ4n) is 1.09. The standard InChI is InChI=1S/C11H8N/c1-2-6-10(7-3-1)11-8-4-5-9-12-11/h1-2,4-9H. The molecule has 0 aliphatic heterocycles. The Morgan fingerprint density at radius 1 is 1.08 bits per heavy atom. The number of aromatic nitrogens is 1. The highest BCUT2D eigenvalue weighted by molar-refractivity contribution is 5.57. The predicted molar refractivity (Wildman–Crippen MR) is 48.5 cm³/mol. The summed E-state index contributed by atoms with van der Waals surface area (Å²) < 4.78 is 0. The first-order valence-electron chi connectivity index (χ1n) is 3.84. The maximum atomic E-state index is 4.23. The minimum absolute atomic E-state index is 0.995. The molecule has 2 rings (SSSR count). The number of hydrogen-bond donors (Lipinski definition) is 0. The van der Waals surface area contributed by atoms with Crippen LogP contribution < -0.4 is 0 Å². The summed E-state index contributed by atoms with van der Waals surface area (Å²) in [5.74, 6) is 0. The zero-order valence-corrected chi connectivity index (χ0v) is 6.57. The van der Waals surface area contributed by atoms with Crippen LogP contribution in [0.3, 0.4) is 0 Å². The van der Waals surface area contributed by atoms with Gasteiger partial charge in [0.1, 0.15) is 0 Å². The van der Waals surface area contributed by atoms with Crippen LogP contribution in [0.15, 0.2) is 48.7 Å². The fraction of sp³-hybridized carbons (Fsp3) is 0. The summed E-state index contributed by atoms with van der Waals surface area (Å²) >= 11 is 0. The van der Waals surface area contributed by atoms with Crippen molar-refractivity contribution in [2.75, 3.05) is 0 Å². The van der Waals surface area contributed by atoms with Gasteiger partial charge in [0.25, 0.3) is 0 Å². The van der Waals surface area contributed by atoms with Crippen molar-refractivity contribution < 1.29 is 0 Å². The molecule has 0 saturated heterocycles. The molecule has 0 bridgehead atoms. The summed E-state index contributed by atoms with van der Waals surface area (Å²) in [5, 5.41) is 0. The highest BCUT2D eigenvalue weighted by Gasteiger charge is 1.93. The maximum absolute atomic E-state index is 4.23. The van der Waals surface area contributed by atoms with E-state index in [-0.39, 0.29) is 0 Å². The second-order valence-corrected chi connectivity index (χ2v) is 2.51. The number of benzene rings is 1. The van der Waals surface area contributed by atoms with Crippen molar-refractivity contribution in [1.82, 2.24) is 4.98 Å². The Bertz CT molecular complexity index is 302. The van der Waals surface area contributed by atoms with Crippen molar-refractivity contribution >= 4 is 0 Å². The van der Waals surface area contributed by atoms with E-state index in [0.717, 1.165) is 11.3 Å². The molecular weight excluding hydrogens is 146 g/mol. The van der Waals surface area contributed by atoms with Crippen LogP contribution in [0.5, 0.6) is 0 Å². The first kappa shape index (κ1) is 7.04. The molecule has 0 aliphatic carbocycles. The molecule has 0 fully saturated rings. The van der Waals surface area contributed by atoms with Crippen LogP contribution in [0.1, 0.15) is 0 Å². The Kier molecular flexibility index (Phi) is 1.87. The summed E-state index contributed by atoms with van der Waals surface area (Å²) in [4.78, 5) is 4.23. The molecule has 1 heterocycles. The molecule has 2 aromatic rings. The molecule has 1 aromatic carbocycles. The molecule has 0 N–H and O–H groups in total. The van der Waals surface area contributed by atoms with Gasteiger partial charge >= 0.3 is 0 Å². The first-order valence-corrected chi connectivity index (χ1v) is 3.84. The van der Waals surface area contributed by atoms with Crippen LogP contribution in [0, 0.1) is 6.07 Å². The van der Waals surface area contributed by atoms with Gasteiger partial charge < -0.3 is 0 Å². The lowest BCUT2D eigenvalue weighted by Gasteiger charge is -1.97. The third kappa shape index (κ3) is 1.35. The van der Waals surface area contributed by atoms with Gasteiger partial charge in [-0.3, -0.25) is 4.98 Å². The average Bonchev–Trinajstić information content (AvgIpc) is 2.21. The van der Waals surface area contributed by atoms with Crippen LogP contribution in [0.25, 0.3) is 11.3 Å². The van der Waals surface area contributed by atoms with Gasteiger partial charge in [0.05, 0.1) is 5.69 Å². The van der Waals surface area contributed by atoms with E-state index < -0.39 is 0 Å². The summed E-state index contributed by atoms with van der Waals surface area (Å²) in [6, 6.07) is 16.7. The lowest BCUT2D eigenvalue weighted by atomic mass is 10.1. The normalized spacial score (nSPS) is 9.67. The highest BCUT2D eigenvalue weighted by Crippen LogP contribution is 2.13. The van der Waals surface area contributed by atoms with Crippen LogP contribution in [0.4, 0.5) is 0 Å². The Morgan fingerprint density at radius 2 is 2.08 bits per heavy atom. The van der Waals surface area contributed by atoms with Gasteiger partial charge in [-0.1, -0.05) is 24.3 Å². The van der Waals surface area contributed by atoms with Crippen molar-refractivity contribution in [2.45, 2.75) is 0 Å². The molecular formula is C11H8N. The zero-order valence-electron chi connectivity index (χ0n) is 6.57. The lowest BCUT2D eigenvalue weighted by molar-refractivity contribution is 1.33. The van der Waals surface area contributed by atoms with E-state index in [2.05, 4.69) is 11.1 Å². The first-order chi connectivity index (χ1) is 5.97. The van der Waals surface area contributed by atoms with Gasteiger partial charge in [-0.25, -0.2) is 0 Å². The van der Waals surface area contributed by atoms with Gasteiger partial charge in [0.15, 0.2) is 0 Å². The summed E-state index contributed by atoms with van der Waals surface area (Å²) in [6.07, 6.45) is 1.79. The van der Waals surface area contributed by atoms with Crippen molar-refractivity contribution in [1.29, 1.82) is 0 Å². The van der Waals surface area contributed by atoms with Crippen LogP contribution in [0.2, 0.25) is 0 Å². The highest BCUT2D eigenvalue weighted by atomic mass is 14.7. The molecule has 0 atom stereocenters. The number of hydrogen-bond acceptors (Lipinski definition) is 1. The molecule has 0 unspecified atom stereocenters. The third-order valence-corrected chi connectivity index (χ3v) is 1.67. The molecule has 0 aliphatic rings. The minimum atomic E-state index is 0.995. The number of nitrogens with zero attached hydrogens (tertiary/aromatic N) is 1. The summed E-state index contributed by atoms with van der Waals surface area (Å²) in [7, 11) is 0. The van der Waals surface area contributed by atoms with E-state index in [1.807, 2.05) is 42.5 Å². The summed E-state index contributed by atoms with van der Waals surface area (Å²) in [6.45, 7) is 0. The van der Waals surface area contributed by atoms with Crippen molar-refractivity contribution in [2.24, 2.45) is 0 Å². The molecule has 1 nitrogen and oxygen atoms in total. The maximum Gasteiger partial charge on any atom is 0.0702 e. The van der Waals surface area contributed by atoms with Gasteiger partial charge in [0, 0.05) is 11.8 Å². The van der Waals surface area contributed by atoms with E-state index in [1.165, 1.54) is 0 Å². The SMILES string of the molecule is [c]1cccc(-c2ccccn2)c1. The Morgan fingerprint density at radius 3 is 2.75 bits per heavy atom. The van der Waals surface area contributed by atoms with E-state index in [1.54, 1.807) is 6.20 Å². The number of rotatable bonds is 1. The van der Waals surface area contributed by atoms with Gasteiger partial charge in [-0.15, -0.1) is 0 Å². The molecule has 57 valence electrons. The number of pyridine rings is 1. The van der Waals surface area contributed by atoms with Crippen LogP contribution in [-0.4, -0.2) is 4.98 Å². The van der Waals surface area contributed by atoms with Crippen molar-refractivity contribution in [3.63, 3.8) is 0 Å². The average molecular weight is 154 g/mol. The molecule has 1 radical (unpaired) electrons. The predicted octanol–water partition coefficient (Wildman–Crippen LogP) is 2.55. The van der Waals surface area contributed by atoms with E-state index >= 15 is 0 Å². The van der Waals surface area contributed by atoms with Crippen molar-refractivity contribution in [3.8, 4) is 11.3 Å². The Labute approximate surface area is 71.7 Å². The third-order valence-electron chi connectivity index (χ3n) is 1.67. The minimum Gasteiger partial charge on any atom is -0.256 e. The van der Waals surface area contributed by atoms with Gasteiger partial charge in [0.2, 0.25) is 0 Å². The van der Waals surface area contributed by atoms with E-state index in [0.29, 0.717) is 0 Å². The van der Waals surface area contributed by atoms with Gasteiger partial charge in [-0.2, -0.15) is 0 Å². The van der Waals surface area contributed by atoms with E-state index in [9.17, 15) is 0 Å². The molecule has 12 heavy (non-hydrogen) atoms. The van der Waals surface area contributed by atoms with Crippen LogP contribution in [-0.2, 0) is 0 Å². The largest absolute Gasteiger partial charge is 0.256 e. The molecule has 1 aromatic heterocycles. The summed E-state index contributed by atoms with van der Waals surface area (Å²) in [5.41, 5.74) is 2.10. The van der Waals surface area contributed by atoms with E-state index in [4.69, 9.17) is 0 Å². The smallest absolute Gasteiger partial charge is 0.0702 e. The molecule has 0 spiro atoms. The molecule has 1 heteroatoms. The Balaban J connectivity index is 2.46. The molecule has 0 saturated carbocycles. The van der Waals surface area contributed by atoms with Gasteiger partial charge in [-0.05, 0) is 24.3 Å². The lowest BCUT2D eigenvalue weighted by Crippen LogP contribution is -1.79. The van der Waals surface area contributed by atoms with Crippen molar-refractivity contribution in [3.05, 3.63) is 54.7 Å². The topological polar surface area (TPSA) is 12.9 Å². The Hall–Kier alpha value is -1.63. The monoisotopic (exact) mass is 154 g/mol. The zero-order chi connectivity index (χ0) is 8.23. The quantitative estimate of drug-likeness (QED) is 0.615. The second-order valence-electron chi connectivity index (χ2n) is 2.51. The fourth-order valence-corrected chi connectivity index (χ4v) is 1.09. The van der Waals surface area contributed by atoms with Crippen LogP contribution >= 0.6 is 0 Å². The molecule has 0 amide bonds.